The van der Waals surface area contributed by atoms with E-state index in [2.05, 4.69) is 15.9 Å². The van der Waals surface area contributed by atoms with Crippen molar-refractivity contribution in [2.24, 2.45) is 17.8 Å². The molecule has 0 amide bonds. The Morgan fingerprint density at radius 3 is 2.00 bits per heavy atom. The average Bonchev–Trinajstić information content (AvgIpc) is 2.32. The van der Waals surface area contributed by atoms with Gasteiger partial charge in [-0.1, -0.05) is 15.9 Å². The van der Waals surface area contributed by atoms with Gasteiger partial charge in [-0.05, 0) is 30.6 Å². The molecule has 4 aliphatic rings. The predicted molar refractivity (Wildman–Crippen MR) is 41.0 cm³/mol. The second-order valence-electron chi connectivity index (χ2n) is 3.67. The van der Waals surface area contributed by atoms with E-state index in [-0.39, 0.29) is 4.87 Å². The summed E-state index contributed by atoms with van der Waals surface area (Å²) in [4.78, 5) is 0.895. The molecule has 4 saturated carbocycles. The van der Waals surface area contributed by atoms with Crippen molar-refractivity contribution in [3.8, 4) is 0 Å². The summed E-state index contributed by atoms with van der Waals surface area (Å²) in [5.74, 6) is 2.72. The normalized spacial score (nSPS) is 75.3. The Hall–Kier alpha value is 0.770. The highest BCUT2D eigenvalue weighted by Gasteiger charge is 2.78. The van der Waals surface area contributed by atoms with E-state index < -0.39 is 0 Å². The van der Waals surface area contributed by atoms with E-state index in [9.17, 15) is 0 Å². The van der Waals surface area contributed by atoms with E-state index >= 15 is 0 Å². The zero-order valence-electron chi connectivity index (χ0n) is 4.98. The van der Waals surface area contributed by atoms with E-state index in [1.807, 2.05) is 0 Å². The Labute approximate surface area is 68.1 Å². The molecule has 0 aromatic carbocycles. The first-order valence-corrected chi connectivity index (χ1v) is 4.87. The molecule has 0 radical (unpaired) electrons. The molecule has 4 rings (SSSR count). The van der Waals surface area contributed by atoms with Gasteiger partial charge in [-0.15, -0.1) is 11.6 Å². The van der Waals surface area contributed by atoms with Crippen LogP contribution in [0.2, 0.25) is 0 Å². The summed E-state index contributed by atoms with van der Waals surface area (Å²) >= 11 is 10.0. The van der Waals surface area contributed by atoms with E-state index in [0.29, 0.717) is 4.83 Å². The molecule has 2 heteroatoms. The first kappa shape index (κ1) is 5.42. The van der Waals surface area contributed by atoms with Crippen molar-refractivity contribution < 1.29 is 0 Å². The molecule has 0 heterocycles. The standard InChI is InChI=1S/C7H8BrCl/c8-6-3-1-4-5(2-3)7(4,6)9/h3-6H,1-2H2/t3?,4-,5?,6?,7?/m1/s1. The molecular formula is C7H8BrCl. The van der Waals surface area contributed by atoms with Gasteiger partial charge in [0.1, 0.15) is 0 Å². The zero-order chi connectivity index (χ0) is 6.22. The van der Waals surface area contributed by atoms with Gasteiger partial charge in [0.05, 0.1) is 4.87 Å². The SMILES string of the molecule is ClC12C(Br)C3CC1[C@H]2C3. The molecule has 9 heavy (non-hydrogen) atoms. The van der Waals surface area contributed by atoms with Crippen LogP contribution in [0.3, 0.4) is 0 Å². The van der Waals surface area contributed by atoms with Gasteiger partial charge >= 0.3 is 0 Å². The highest BCUT2D eigenvalue weighted by molar-refractivity contribution is 9.09. The van der Waals surface area contributed by atoms with E-state index in [0.717, 1.165) is 17.8 Å². The largest absolute Gasteiger partial charge is 0.117 e. The summed E-state index contributed by atoms with van der Waals surface area (Å²) in [7, 11) is 0. The summed E-state index contributed by atoms with van der Waals surface area (Å²) in [5, 5.41) is 0. The lowest BCUT2D eigenvalue weighted by Crippen LogP contribution is -2.13. The van der Waals surface area contributed by atoms with Crippen molar-refractivity contribution in [1.82, 2.24) is 0 Å². The van der Waals surface area contributed by atoms with E-state index in [1.165, 1.54) is 12.8 Å². The summed E-state index contributed by atoms with van der Waals surface area (Å²) in [6.07, 6.45) is 2.81. The third kappa shape index (κ3) is 0.374. The van der Waals surface area contributed by atoms with Crippen LogP contribution in [0.4, 0.5) is 0 Å². The van der Waals surface area contributed by atoms with E-state index in [1.54, 1.807) is 0 Å². The van der Waals surface area contributed by atoms with Gasteiger partial charge in [-0.25, -0.2) is 0 Å². The van der Waals surface area contributed by atoms with Crippen LogP contribution < -0.4 is 0 Å². The van der Waals surface area contributed by atoms with Crippen LogP contribution in [0.1, 0.15) is 12.8 Å². The molecular weight excluding hydrogens is 199 g/mol. The van der Waals surface area contributed by atoms with Crippen molar-refractivity contribution in [1.29, 1.82) is 0 Å². The first-order valence-electron chi connectivity index (χ1n) is 3.57. The van der Waals surface area contributed by atoms with Crippen LogP contribution in [0.15, 0.2) is 0 Å². The molecule has 0 aromatic rings. The lowest BCUT2D eigenvalue weighted by atomic mass is 10.1. The molecule has 0 nitrogen and oxygen atoms in total. The van der Waals surface area contributed by atoms with Crippen molar-refractivity contribution in [2.75, 3.05) is 0 Å². The summed E-state index contributed by atoms with van der Waals surface area (Å²) < 4.78 is 0. The van der Waals surface area contributed by atoms with Gasteiger partial charge < -0.3 is 0 Å². The number of rotatable bonds is 0. The maximum absolute atomic E-state index is 6.34. The molecule has 5 atom stereocenters. The Kier molecular flexibility index (Phi) is 0.740. The minimum atomic E-state index is 0.241. The number of alkyl halides is 2. The Morgan fingerprint density at radius 2 is 1.89 bits per heavy atom. The second kappa shape index (κ2) is 1.23. The topological polar surface area (TPSA) is 0 Å². The van der Waals surface area contributed by atoms with E-state index in [4.69, 9.17) is 11.6 Å². The predicted octanol–water partition coefficient (Wildman–Crippen LogP) is 2.40. The Morgan fingerprint density at radius 1 is 1.33 bits per heavy atom. The molecule has 0 spiro atoms. The van der Waals surface area contributed by atoms with Crippen LogP contribution in [-0.4, -0.2) is 9.70 Å². The fraction of sp³-hybridized carbons (Fsp3) is 1.00. The monoisotopic (exact) mass is 206 g/mol. The second-order valence-corrected chi connectivity index (χ2v) is 5.31. The maximum Gasteiger partial charge on any atom is 0.0636 e. The van der Waals surface area contributed by atoms with Crippen molar-refractivity contribution in [2.45, 2.75) is 22.5 Å². The van der Waals surface area contributed by atoms with Crippen molar-refractivity contribution >= 4 is 27.5 Å². The van der Waals surface area contributed by atoms with Crippen LogP contribution in [0.25, 0.3) is 0 Å². The molecule has 0 aromatic heterocycles. The molecule has 4 bridgehead atoms. The molecule has 50 valence electrons. The maximum atomic E-state index is 6.34. The first-order chi connectivity index (χ1) is 4.24. The van der Waals surface area contributed by atoms with Gasteiger partial charge in [0, 0.05) is 4.83 Å². The quantitative estimate of drug-likeness (QED) is 0.535. The summed E-state index contributed by atoms with van der Waals surface area (Å²) in [6.45, 7) is 0. The number of halogens is 2. The minimum absolute atomic E-state index is 0.241. The van der Waals surface area contributed by atoms with Crippen molar-refractivity contribution in [3.05, 3.63) is 0 Å². The molecule has 4 fully saturated rings. The zero-order valence-corrected chi connectivity index (χ0v) is 7.32. The highest BCUT2D eigenvalue weighted by Crippen LogP contribution is 2.78. The van der Waals surface area contributed by atoms with Gasteiger partial charge in [0.2, 0.25) is 0 Å². The van der Waals surface area contributed by atoms with Crippen LogP contribution in [-0.2, 0) is 0 Å². The molecule has 4 unspecified atom stereocenters. The number of hydrogen-bond acceptors (Lipinski definition) is 0. The van der Waals surface area contributed by atoms with Gasteiger partial charge in [0.25, 0.3) is 0 Å². The average molecular weight is 207 g/mol. The lowest BCUT2D eigenvalue weighted by Gasteiger charge is -2.07. The fourth-order valence-corrected chi connectivity index (χ4v) is 4.68. The number of hydrogen-bond donors (Lipinski definition) is 0. The molecule has 0 saturated heterocycles. The van der Waals surface area contributed by atoms with Crippen LogP contribution in [0, 0.1) is 17.8 Å². The minimum Gasteiger partial charge on any atom is -0.117 e. The van der Waals surface area contributed by atoms with Crippen LogP contribution >= 0.6 is 27.5 Å². The highest BCUT2D eigenvalue weighted by atomic mass is 79.9. The molecule has 0 N–H and O–H groups in total. The molecule has 0 aliphatic heterocycles. The third-order valence-electron chi connectivity index (χ3n) is 3.46. The van der Waals surface area contributed by atoms with Crippen LogP contribution in [0.5, 0.6) is 0 Å². The van der Waals surface area contributed by atoms with Gasteiger partial charge in [0.15, 0.2) is 0 Å². The summed E-state index contributed by atoms with van der Waals surface area (Å²) in [5.41, 5.74) is 0. The lowest BCUT2D eigenvalue weighted by molar-refractivity contribution is 0.620. The molecule has 4 aliphatic carbocycles. The Balaban J connectivity index is 2.13. The summed E-state index contributed by atoms with van der Waals surface area (Å²) in [6, 6.07) is 0. The van der Waals surface area contributed by atoms with Gasteiger partial charge in [-0.2, -0.15) is 0 Å². The third-order valence-corrected chi connectivity index (χ3v) is 6.03. The van der Waals surface area contributed by atoms with Crippen molar-refractivity contribution in [3.63, 3.8) is 0 Å². The smallest absolute Gasteiger partial charge is 0.0636 e. The fourth-order valence-electron chi connectivity index (χ4n) is 2.97. The van der Waals surface area contributed by atoms with Gasteiger partial charge in [-0.3, -0.25) is 0 Å². The Bertz CT molecular complexity index is 168.